The fourth-order valence-electron chi connectivity index (χ4n) is 1.81. The molecule has 19 heavy (non-hydrogen) atoms. The summed E-state index contributed by atoms with van der Waals surface area (Å²) in [6.45, 7) is 3.99. The Morgan fingerprint density at radius 1 is 1.21 bits per heavy atom. The van der Waals surface area contributed by atoms with Gasteiger partial charge in [0.15, 0.2) is 0 Å². The first kappa shape index (κ1) is 13.4. The van der Waals surface area contributed by atoms with E-state index in [9.17, 15) is 9.90 Å². The van der Waals surface area contributed by atoms with Crippen LogP contribution >= 0.6 is 0 Å². The normalized spacial score (nSPS) is 12.2. The Morgan fingerprint density at radius 2 is 1.95 bits per heavy atom. The fraction of sp³-hybridized carbons (Fsp3) is 0.267. The number of methoxy groups -OCH3 is 1. The lowest BCUT2D eigenvalue weighted by atomic mass is 10.0. The minimum Gasteiger partial charge on any atom is -0.463 e. The monoisotopic (exact) mass is 260 g/mol. The van der Waals surface area contributed by atoms with Crippen molar-refractivity contribution in [2.24, 2.45) is 0 Å². The number of aliphatic hydroxyl groups is 1. The van der Waals surface area contributed by atoms with Crippen LogP contribution < -0.4 is 0 Å². The third-order valence-corrected chi connectivity index (χ3v) is 3.13. The van der Waals surface area contributed by atoms with Crippen molar-refractivity contribution in [1.82, 2.24) is 0 Å². The minimum absolute atomic E-state index is 0.0837. The summed E-state index contributed by atoms with van der Waals surface area (Å²) in [6.07, 6.45) is -0.891. The molecule has 0 saturated carbocycles. The second kappa shape index (κ2) is 5.28. The number of carbonyl (C=O) groups excluding carboxylic acids is 1. The van der Waals surface area contributed by atoms with Crippen molar-refractivity contribution in [2.75, 3.05) is 7.11 Å². The molecule has 1 aromatic heterocycles. The maximum Gasteiger partial charge on any atom is 0.373 e. The number of hydrogen-bond donors (Lipinski definition) is 1. The van der Waals surface area contributed by atoms with Gasteiger partial charge in [-0.2, -0.15) is 0 Å². The Morgan fingerprint density at radius 3 is 2.58 bits per heavy atom. The molecule has 1 heterocycles. The van der Waals surface area contributed by atoms with Gasteiger partial charge in [0, 0.05) is 0 Å². The first-order valence-electron chi connectivity index (χ1n) is 5.96. The summed E-state index contributed by atoms with van der Waals surface area (Å²) in [7, 11) is 1.28. The van der Waals surface area contributed by atoms with Gasteiger partial charge in [0.05, 0.1) is 7.11 Å². The van der Waals surface area contributed by atoms with Crippen LogP contribution in [0.25, 0.3) is 0 Å². The molecule has 0 saturated heterocycles. The van der Waals surface area contributed by atoms with Crippen LogP contribution in [0.2, 0.25) is 0 Å². The Kier molecular flexibility index (Phi) is 3.71. The molecule has 2 aromatic rings. The predicted octanol–water partition coefficient (Wildman–Crippen LogP) is 2.76. The molecule has 2 rings (SSSR count). The first-order valence-corrected chi connectivity index (χ1v) is 5.96. The highest BCUT2D eigenvalue weighted by atomic mass is 16.5. The van der Waals surface area contributed by atoms with Crippen LogP contribution in [0.5, 0.6) is 0 Å². The van der Waals surface area contributed by atoms with Crippen molar-refractivity contribution in [1.29, 1.82) is 0 Å². The number of furan rings is 1. The largest absolute Gasteiger partial charge is 0.463 e. The number of hydrogen-bond acceptors (Lipinski definition) is 4. The molecule has 0 fully saturated rings. The summed E-state index contributed by atoms with van der Waals surface area (Å²) in [5.74, 6) is -0.150. The Labute approximate surface area is 111 Å². The highest BCUT2D eigenvalue weighted by molar-refractivity contribution is 5.86. The summed E-state index contributed by atoms with van der Waals surface area (Å²) < 4.78 is 9.85. The predicted molar refractivity (Wildman–Crippen MR) is 70.0 cm³/mol. The van der Waals surface area contributed by atoms with Crippen LogP contribution in [0.3, 0.4) is 0 Å². The zero-order chi connectivity index (χ0) is 14.0. The molecule has 1 N–H and O–H groups in total. The van der Waals surface area contributed by atoms with E-state index in [1.165, 1.54) is 13.2 Å². The van der Waals surface area contributed by atoms with Crippen LogP contribution in [0, 0.1) is 13.8 Å². The molecule has 4 heteroatoms. The molecule has 0 radical (unpaired) electrons. The quantitative estimate of drug-likeness (QED) is 0.862. The third kappa shape index (κ3) is 2.69. The van der Waals surface area contributed by atoms with Crippen molar-refractivity contribution in [2.45, 2.75) is 20.0 Å². The molecule has 4 nitrogen and oxygen atoms in total. The molecular formula is C15H16O4. The molecule has 1 unspecified atom stereocenters. The SMILES string of the molecule is COC(=O)c1ccc(C(O)c2ccc(C)c(C)c2)o1. The van der Waals surface area contributed by atoms with Crippen LogP contribution in [-0.2, 0) is 4.74 Å². The number of benzene rings is 1. The van der Waals surface area contributed by atoms with Crippen LogP contribution in [0.15, 0.2) is 34.7 Å². The molecule has 0 aliphatic heterocycles. The van der Waals surface area contributed by atoms with Gasteiger partial charge in [0.25, 0.3) is 0 Å². The van der Waals surface area contributed by atoms with Gasteiger partial charge >= 0.3 is 5.97 Å². The van der Waals surface area contributed by atoms with E-state index in [-0.39, 0.29) is 5.76 Å². The average molecular weight is 260 g/mol. The number of rotatable bonds is 3. The van der Waals surface area contributed by atoms with Crippen LogP contribution in [0.4, 0.5) is 0 Å². The highest BCUT2D eigenvalue weighted by Gasteiger charge is 2.18. The summed E-state index contributed by atoms with van der Waals surface area (Å²) in [5.41, 5.74) is 2.98. The van der Waals surface area contributed by atoms with Gasteiger partial charge in [-0.25, -0.2) is 4.79 Å². The van der Waals surface area contributed by atoms with Gasteiger partial charge in [-0.1, -0.05) is 18.2 Å². The standard InChI is InChI=1S/C15H16O4/c1-9-4-5-11(8-10(9)2)14(16)12-6-7-13(19-12)15(17)18-3/h4-8,14,16H,1-3H3. The summed E-state index contributed by atoms with van der Waals surface area (Å²) in [5, 5.41) is 10.2. The first-order chi connectivity index (χ1) is 9.02. The number of aryl methyl sites for hydroxylation is 2. The molecule has 0 aliphatic rings. The van der Waals surface area contributed by atoms with Crippen LogP contribution in [0.1, 0.15) is 39.1 Å². The Bertz CT molecular complexity index is 598. The van der Waals surface area contributed by atoms with E-state index in [4.69, 9.17) is 4.42 Å². The third-order valence-electron chi connectivity index (χ3n) is 3.13. The Balaban J connectivity index is 2.28. The van der Waals surface area contributed by atoms with Crippen molar-refractivity contribution in [3.05, 3.63) is 58.5 Å². The van der Waals surface area contributed by atoms with Gasteiger partial charge in [0.2, 0.25) is 5.76 Å². The van der Waals surface area contributed by atoms with Gasteiger partial charge in [-0.05, 0) is 42.7 Å². The van der Waals surface area contributed by atoms with Gasteiger partial charge < -0.3 is 14.3 Å². The molecule has 100 valence electrons. The molecule has 0 amide bonds. The molecule has 0 spiro atoms. The van der Waals surface area contributed by atoms with Crippen molar-refractivity contribution in [3.8, 4) is 0 Å². The molecule has 1 aromatic carbocycles. The maximum atomic E-state index is 11.3. The number of carbonyl (C=O) groups is 1. The van der Waals surface area contributed by atoms with E-state index >= 15 is 0 Å². The van der Waals surface area contributed by atoms with E-state index < -0.39 is 12.1 Å². The maximum absolute atomic E-state index is 11.3. The van der Waals surface area contributed by atoms with Crippen molar-refractivity contribution < 1.29 is 19.1 Å². The van der Waals surface area contributed by atoms with Crippen LogP contribution in [-0.4, -0.2) is 18.2 Å². The zero-order valence-corrected chi connectivity index (χ0v) is 11.1. The van der Waals surface area contributed by atoms with Gasteiger partial charge in [-0.3, -0.25) is 0 Å². The molecule has 1 atom stereocenters. The van der Waals surface area contributed by atoms with Gasteiger partial charge in [-0.15, -0.1) is 0 Å². The lowest BCUT2D eigenvalue weighted by molar-refractivity contribution is 0.0558. The number of ether oxygens (including phenoxy) is 1. The van der Waals surface area contributed by atoms with E-state index in [1.807, 2.05) is 32.0 Å². The average Bonchev–Trinajstić information content (AvgIpc) is 2.89. The molecule has 0 bridgehead atoms. The summed E-state index contributed by atoms with van der Waals surface area (Å²) >= 11 is 0. The van der Waals surface area contributed by atoms with E-state index in [0.29, 0.717) is 5.76 Å². The summed E-state index contributed by atoms with van der Waals surface area (Å²) in [4.78, 5) is 11.3. The minimum atomic E-state index is -0.891. The Hall–Kier alpha value is -2.07. The fourth-order valence-corrected chi connectivity index (χ4v) is 1.81. The van der Waals surface area contributed by atoms with E-state index in [1.54, 1.807) is 6.07 Å². The zero-order valence-electron chi connectivity index (χ0n) is 11.1. The molecule has 0 aliphatic carbocycles. The number of esters is 1. The van der Waals surface area contributed by atoms with E-state index in [0.717, 1.165) is 16.7 Å². The lowest BCUT2D eigenvalue weighted by Crippen LogP contribution is -2.01. The lowest BCUT2D eigenvalue weighted by Gasteiger charge is -2.10. The van der Waals surface area contributed by atoms with Gasteiger partial charge in [0.1, 0.15) is 11.9 Å². The second-order valence-electron chi connectivity index (χ2n) is 4.44. The smallest absolute Gasteiger partial charge is 0.373 e. The van der Waals surface area contributed by atoms with Crippen molar-refractivity contribution in [3.63, 3.8) is 0 Å². The second-order valence-corrected chi connectivity index (χ2v) is 4.44. The topological polar surface area (TPSA) is 59.7 Å². The van der Waals surface area contributed by atoms with E-state index in [2.05, 4.69) is 4.74 Å². The van der Waals surface area contributed by atoms with Crippen molar-refractivity contribution >= 4 is 5.97 Å². The highest BCUT2D eigenvalue weighted by Crippen LogP contribution is 2.25. The summed E-state index contributed by atoms with van der Waals surface area (Å²) in [6, 6.07) is 8.75. The molecular weight excluding hydrogens is 244 g/mol. The number of aliphatic hydroxyl groups excluding tert-OH is 1.